The first-order valence-corrected chi connectivity index (χ1v) is 7.53. The van der Waals surface area contributed by atoms with Gasteiger partial charge < -0.3 is 0 Å². The Morgan fingerprint density at radius 3 is 2.86 bits per heavy atom. The summed E-state index contributed by atoms with van der Waals surface area (Å²) >= 11 is 1.68. The minimum absolute atomic E-state index is 0.755. The van der Waals surface area contributed by atoms with Crippen molar-refractivity contribution in [2.24, 2.45) is 5.10 Å². The number of fused-ring (bicyclic) bond motifs is 1. The van der Waals surface area contributed by atoms with Crippen LogP contribution in [0, 0.1) is 20.8 Å². The monoisotopic (exact) mass is 296 g/mol. The van der Waals surface area contributed by atoms with Crippen LogP contribution in [-0.4, -0.2) is 16.2 Å². The first-order chi connectivity index (χ1) is 10.1. The van der Waals surface area contributed by atoms with E-state index in [2.05, 4.69) is 53.4 Å². The number of rotatable bonds is 3. The standard InChI is InChI=1S/C16H16N4S/c1-10-5-4-6-13(7-10)8-19-20-15-14-11(2)12(3)21-16(14)18-9-17-15/h4-9H,1-3H3,(H,17,18,20). The van der Waals surface area contributed by atoms with E-state index in [9.17, 15) is 0 Å². The van der Waals surface area contributed by atoms with Crippen molar-refractivity contribution in [1.82, 2.24) is 9.97 Å². The Bertz CT molecular complexity index is 820. The number of thiophene rings is 1. The minimum Gasteiger partial charge on any atom is -0.261 e. The van der Waals surface area contributed by atoms with Crippen molar-refractivity contribution in [2.45, 2.75) is 20.8 Å². The van der Waals surface area contributed by atoms with Crippen LogP contribution in [0.3, 0.4) is 0 Å². The van der Waals surface area contributed by atoms with Crippen LogP contribution in [0.1, 0.15) is 21.6 Å². The second kappa shape index (κ2) is 5.61. The molecule has 5 heteroatoms. The van der Waals surface area contributed by atoms with Crippen LogP contribution in [0.25, 0.3) is 10.2 Å². The highest BCUT2D eigenvalue weighted by atomic mass is 32.1. The molecule has 2 aromatic heterocycles. The van der Waals surface area contributed by atoms with E-state index in [1.165, 1.54) is 16.0 Å². The predicted molar refractivity (Wildman–Crippen MR) is 89.3 cm³/mol. The third-order valence-corrected chi connectivity index (χ3v) is 4.51. The van der Waals surface area contributed by atoms with Crippen molar-refractivity contribution in [3.8, 4) is 0 Å². The van der Waals surface area contributed by atoms with Gasteiger partial charge in [-0.25, -0.2) is 9.97 Å². The number of benzene rings is 1. The van der Waals surface area contributed by atoms with Gasteiger partial charge in [0.2, 0.25) is 0 Å². The predicted octanol–water partition coefficient (Wildman–Crippen LogP) is 4.06. The molecular formula is C16H16N4S. The average molecular weight is 296 g/mol. The molecule has 0 saturated heterocycles. The lowest BCUT2D eigenvalue weighted by Crippen LogP contribution is -1.95. The van der Waals surface area contributed by atoms with E-state index in [0.29, 0.717) is 0 Å². The SMILES string of the molecule is Cc1cccc(C=NNc2ncnc3sc(C)c(C)c23)c1. The van der Waals surface area contributed by atoms with Crippen LogP contribution >= 0.6 is 11.3 Å². The number of aromatic nitrogens is 2. The average Bonchev–Trinajstić information content (AvgIpc) is 2.75. The van der Waals surface area contributed by atoms with Gasteiger partial charge in [-0.1, -0.05) is 29.8 Å². The van der Waals surface area contributed by atoms with Crippen molar-refractivity contribution in [3.63, 3.8) is 0 Å². The maximum atomic E-state index is 4.32. The number of hydrogen-bond acceptors (Lipinski definition) is 5. The highest BCUT2D eigenvalue weighted by molar-refractivity contribution is 7.18. The Labute approximate surface area is 127 Å². The maximum absolute atomic E-state index is 4.32. The van der Waals surface area contributed by atoms with Crippen LogP contribution in [0.4, 0.5) is 5.82 Å². The summed E-state index contributed by atoms with van der Waals surface area (Å²) in [6.07, 6.45) is 3.37. The molecule has 0 spiro atoms. The normalized spacial score (nSPS) is 11.4. The fraction of sp³-hybridized carbons (Fsp3) is 0.188. The van der Waals surface area contributed by atoms with E-state index in [-0.39, 0.29) is 0 Å². The fourth-order valence-corrected chi connectivity index (χ4v) is 3.18. The van der Waals surface area contributed by atoms with Crippen LogP contribution in [0.5, 0.6) is 0 Å². The minimum atomic E-state index is 0.755. The number of nitrogens with zero attached hydrogens (tertiary/aromatic N) is 3. The number of nitrogens with one attached hydrogen (secondary N) is 1. The van der Waals surface area contributed by atoms with Gasteiger partial charge in [-0.05, 0) is 31.9 Å². The van der Waals surface area contributed by atoms with Gasteiger partial charge >= 0.3 is 0 Å². The molecule has 3 rings (SSSR count). The molecule has 1 N–H and O–H groups in total. The summed E-state index contributed by atoms with van der Waals surface area (Å²) in [5.74, 6) is 0.755. The second-order valence-electron chi connectivity index (χ2n) is 4.97. The highest BCUT2D eigenvalue weighted by Crippen LogP contribution is 2.32. The summed E-state index contributed by atoms with van der Waals surface area (Å²) < 4.78 is 0. The van der Waals surface area contributed by atoms with E-state index in [1.807, 2.05) is 12.1 Å². The van der Waals surface area contributed by atoms with Crippen LogP contribution in [0.2, 0.25) is 0 Å². The van der Waals surface area contributed by atoms with E-state index in [1.54, 1.807) is 23.9 Å². The first kappa shape index (κ1) is 13.7. The van der Waals surface area contributed by atoms with Crippen molar-refractivity contribution < 1.29 is 0 Å². The number of hydrazone groups is 1. The molecule has 0 amide bonds. The molecule has 2 heterocycles. The van der Waals surface area contributed by atoms with Gasteiger partial charge in [0.05, 0.1) is 11.6 Å². The van der Waals surface area contributed by atoms with E-state index < -0.39 is 0 Å². The molecule has 0 aliphatic heterocycles. The molecular weight excluding hydrogens is 280 g/mol. The third kappa shape index (κ3) is 2.78. The summed E-state index contributed by atoms with van der Waals surface area (Å²) in [6, 6.07) is 8.19. The number of anilines is 1. The largest absolute Gasteiger partial charge is 0.261 e. The third-order valence-electron chi connectivity index (χ3n) is 3.39. The number of aryl methyl sites for hydroxylation is 3. The second-order valence-corrected chi connectivity index (χ2v) is 6.17. The zero-order valence-electron chi connectivity index (χ0n) is 12.2. The van der Waals surface area contributed by atoms with Crippen LogP contribution in [0.15, 0.2) is 35.7 Å². The van der Waals surface area contributed by atoms with Crippen molar-refractivity contribution >= 4 is 33.6 Å². The molecule has 0 aliphatic rings. The van der Waals surface area contributed by atoms with Gasteiger partial charge in [-0.15, -0.1) is 11.3 Å². The zero-order chi connectivity index (χ0) is 14.8. The lowest BCUT2D eigenvalue weighted by atomic mass is 10.2. The smallest absolute Gasteiger partial charge is 0.158 e. The molecule has 0 aliphatic carbocycles. The zero-order valence-corrected chi connectivity index (χ0v) is 13.0. The lowest BCUT2D eigenvalue weighted by molar-refractivity contribution is 1.19. The molecule has 4 nitrogen and oxygen atoms in total. The van der Waals surface area contributed by atoms with Gasteiger partial charge in [-0.2, -0.15) is 5.10 Å². The summed E-state index contributed by atoms with van der Waals surface area (Å²) in [4.78, 5) is 10.9. The molecule has 21 heavy (non-hydrogen) atoms. The molecule has 0 saturated carbocycles. The molecule has 106 valence electrons. The van der Waals surface area contributed by atoms with Crippen molar-refractivity contribution in [3.05, 3.63) is 52.2 Å². The summed E-state index contributed by atoms with van der Waals surface area (Å²) in [6.45, 7) is 6.25. The molecule has 1 aromatic carbocycles. The van der Waals surface area contributed by atoms with E-state index in [4.69, 9.17) is 0 Å². The Morgan fingerprint density at radius 2 is 2.05 bits per heavy atom. The van der Waals surface area contributed by atoms with Crippen molar-refractivity contribution in [2.75, 3.05) is 5.43 Å². The first-order valence-electron chi connectivity index (χ1n) is 6.71. The Morgan fingerprint density at radius 1 is 1.19 bits per heavy atom. The highest BCUT2D eigenvalue weighted by Gasteiger charge is 2.10. The van der Waals surface area contributed by atoms with Crippen LogP contribution < -0.4 is 5.43 Å². The van der Waals surface area contributed by atoms with E-state index in [0.717, 1.165) is 21.6 Å². The fourth-order valence-electron chi connectivity index (χ4n) is 2.19. The Balaban J connectivity index is 1.89. The lowest BCUT2D eigenvalue weighted by Gasteiger charge is -2.02. The Kier molecular flexibility index (Phi) is 3.66. The van der Waals surface area contributed by atoms with Gasteiger partial charge in [0.15, 0.2) is 5.82 Å². The summed E-state index contributed by atoms with van der Waals surface area (Å²) in [5, 5.41) is 5.35. The van der Waals surface area contributed by atoms with Gasteiger partial charge in [0.25, 0.3) is 0 Å². The van der Waals surface area contributed by atoms with Crippen molar-refractivity contribution in [1.29, 1.82) is 0 Å². The summed E-state index contributed by atoms with van der Waals surface area (Å²) in [7, 11) is 0. The molecule has 3 aromatic rings. The quantitative estimate of drug-likeness (QED) is 0.585. The van der Waals surface area contributed by atoms with Crippen LogP contribution in [-0.2, 0) is 0 Å². The molecule has 0 atom stereocenters. The molecule has 0 radical (unpaired) electrons. The Hall–Kier alpha value is -2.27. The maximum Gasteiger partial charge on any atom is 0.158 e. The van der Waals surface area contributed by atoms with Gasteiger partial charge in [-0.3, -0.25) is 5.43 Å². The molecule has 0 unspecified atom stereocenters. The molecule has 0 bridgehead atoms. The molecule has 0 fully saturated rings. The van der Waals surface area contributed by atoms with E-state index >= 15 is 0 Å². The van der Waals surface area contributed by atoms with Gasteiger partial charge in [0, 0.05) is 4.88 Å². The summed E-state index contributed by atoms with van der Waals surface area (Å²) in [5.41, 5.74) is 6.52. The topological polar surface area (TPSA) is 50.2 Å². The number of hydrogen-bond donors (Lipinski definition) is 1. The van der Waals surface area contributed by atoms with Gasteiger partial charge in [0.1, 0.15) is 11.2 Å².